The summed E-state index contributed by atoms with van der Waals surface area (Å²) >= 11 is 0. The third kappa shape index (κ3) is 3.74. The van der Waals surface area contributed by atoms with E-state index in [9.17, 15) is 0 Å². The standard InChI is InChI=1S/C19H22N4O/c1-3-23(4-2)17-12-10-16(11-13-17)20-14-18-21-22-19(24-18)15-8-6-5-7-9-15/h5-13,20H,3-4,14H2,1-2H3. The van der Waals surface area contributed by atoms with Crippen molar-refractivity contribution in [3.63, 3.8) is 0 Å². The lowest BCUT2D eigenvalue weighted by atomic mass is 10.2. The summed E-state index contributed by atoms with van der Waals surface area (Å²) in [4.78, 5) is 2.31. The van der Waals surface area contributed by atoms with E-state index in [0.29, 0.717) is 18.3 Å². The minimum absolute atomic E-state index is 0.504. The van der Waals surface area contributed by atoms with Crippen LogP contribution in [0.3, 0.4) is 0 Å². The molecule has 0 aliphatic rings. The smallest absolute Gasteiger partial charge is 0.247 e. The molecule has 5 heteroatoms. The Bertz CT molecular complexity index is 749. The molecule has 3 aromatic rings. The zero-order chi connectivity index (χ0) is 16.8. The summed E-state index contributed by atoms with van der Waals surface area (Å²) in [5, 5.41) is 11.5. The molecule has 1 N–H and O–H groups in total. The second kappa shape index (κ2) is 7.64. The molecule has 0 bridgehead atoms. The molecule has 1 aromatic heterocycles. The molecule has 2 aromatic carbocycles. The van der Waals surface area contributed by atoms with Crippen molar-refractivity contribution in [2.45, 2.75) is 20.4 Å². The van der Waals surface area contributed by atoms with Gasteiger partial charge in [-0.15, -0.1) is 10.2 Å². The number of hydrogen-bond donors (Lipinski definition) is 1. The SMILES string of the molecule is CCN(CC)c1ccc(NCc2nnc(-c3ccccc3)o2)cc1. The normalized spacial score (nSPS) is 10.6. The topological polar surface area (TPSA) is 54.2 Å². The first-order valence-electron chi connectivity index (χ1n) is 8.26. The van der Waals surface area contributed by atoms with E-state index < -0.39 is 0 Å². The van der Waals surface area contributed by atoms with Crippen molar-refractivity contribution in [1.82, 2.24) is 10.2 Å². The first kappa shape index (κ1) is 16.1. The molecular weight excluding hydrogens is 300 g/mol. The van der Waals surface area contributed by atoms with Gasteiger partial charge in [0.25, 0.3) is 0 Å². The lowest BCUT2D eigenvalue weighted by Crippen LogP contribution is -2.21. The fourth-order valence-electron chi connectivity index (χ4n) is 2.58. The molecule has 3 rings (SSSR count). The number of rotatable bonds is 7. The Balaban J connectivity index is 1.61. The third-order valence-corrected chi connectivity index (χ3v) is 3.93. The van der Waals surface area contributed by atoms with Crippen molar-refractivity contribution < 1.29 is 4.42 Å². The van der Waals surface area contributed by atoms with Gasteiger partial charge in [-0.3, -0.25) is 0 Å². The van der Waals surface area contributed by atoms with Crippen LogP contribution < -0.4 is 10.2 Å². The fourth-order valence-corrected chi connectivity index (χ4v) is 2.58. The molecule has 0 saturated heterocycles. The summed E-state index contributed by atoms with van der Waals surface area (Å²) in [5.41, 5.74) is 3.19. The van der Waals surface area contributed by atoms with Crippen LogP contribution in [0.4, 0.5) is 11.4 Å². The Labute approximate surface area is 142 Å². The minimum Gasteiger partial charge on any atom is -0.419 e. The van der Waals surface area contributed by atoms with Crippen LogP contribution in [0.5, 0.6) is 0 Å². The van der Waals surface area contributed by atoms with Gasteiger partial charge in [0.1, 0.15) is 0 Å². The Hall–Kier alpha value is -2.82. The van der Waals surface area contributed by atoms with Gasteiger partial charge in [0.15, 0.2) is 0 Å². The molecular formula is C19H22N4O. The number of aromatic nitrogens is 2. The van der Waals surface area contributed by atoms with Crippen LogP contribution in [0.15, 0.2) is 59.0 Å². The van der Waals surface area contributed by atoms with Crippen LogP contribution >= 0.6 is 0 Å². The quantitative estimate of drug-likeness (QED) is 0.706. The molecule has 0 radical (unpaired) electrons. The van der Waals surface area contributed by atoms with Crippen LogP contribution in [-0.4, -0.2) is 23.3 Å². The van der Waals surface area contributed by atoms with Crippen LogP contribution in [0.25, 0.3) is 11.5 Å². The second-order valence-corrected chi connectivity index (χ2v) is 5.44. The van der Waals surface area contributed by atoms with Crippen molar-refractivity contribution in [3.05, 3.63) is 60.5 Å². The summed E-state index contributed by atoms with van der Waals surface area (Å²) < 4.78 is 5.70. The minimum atomic E-state index is 0.504. The number of nitrogens with one attached hydrogen (secondary N) is 1. The molecule has 0 aliphatic carbocycles. The maximum Gasteiger partial charge on any atom is 0.247 e. The average molecular weight is 322 g/mol. The van der Waals surface area contributed by atoms with Crippen molar-refractivity contribution in [1.29, 1.82) is 0 Å². The highest BCUT2D eigenvalue weighted by atomic mass is 16.4. The lowest BCUT2D eigenvalue weighted by Gasteiger charge is -2.21. The van der Waals surface area contributed by atoms with E-state index in [1.165, 1.54) is 5.69 Å². The maximum atomic E-state index is 5.70. The molecule has 5 nitrogen and oxygen atoms in total. The average Bonchev–Trinajstić information content (AvgIpc) is 3.12. The van der Waals surface area contributed by atoms with Gasteiger partial charge < -0.3 is 14.6 Å². The van der Waals surface area contributed by atoms with Crippen LogP contribution in [-0.2, 0) is 6.54 Å². The highest BCUT2D eigenvalue weighted by molar-refractivity contribution is 5.55. The summed E-state index contributed by atoms with van der Waals surface area (Å²) in [6, 6.07) is 18.2. The van der Waals surface area contributed by atoms with Crippen molar-refractivity contribution in [3.8, 4) is 11.5 Å². The summed E-state index contributed by atoms with van der Waals surface area (Å²) in [5.74, 6) is 1.12. The van der Waals surface area contributed by atoms with Crippen molar-refractivity contribution in [2.24, 2.45) is 0 Å². The Morgan fingerprint density at radius 2 is 1.62 bits per heavy atom. The van der Waals surface area contributed by atoms with Crippen LogP contribution in [0.2, 0.25) is 0 Å². The summed E-state index contributed by atoms with van der Waals surface area (Å²) in [7, 11) is 0. The third-order valence-electron chi connectivity index (χ3n) is 3.93. The molecule has 0 amide bonds. The Morgan fingerprint density at radius 1 is 0.917 bits per heavy atom. The van der Waals surface area contributed by atoms with E-state index in [1.54, 1.807) is 0 Å². The predicted octanol–water partition coefficient (Wildman–Crippen LogP) is 4.19. The molecule has 0 atom stereocenters. The summed E-state index contributed by atoms with van der Waals surface area (Å²) in [6.45, 7) is 6.84. The highest BCUT2D eigenvalue weighted by Crippen LogP contribution is 2.20. The van der Waals surface area contributed by atoms with E-state index in [1.807, 2.05) is 30.3 Å². The number of hydrogen-bond acceptors (Lipinski definition) is 5. The maximum absolute atomic E-state index is 5.70. The fraction of sp³-hybridized carbons (Fsp3) is 0.263. The van der Waals surface area contributed by atoms with E-state index in [2.05, 4.69) is 58.5 Å². The van der Waals surface area contributed by atoms with Gasteiger partial charge in [-0.2, -0.15) is 0 Å². The van der Waals surface area contributed by atoms with Crippen LogP contribution in [0, 0.1) is 0 Å². The van der Waals surface area contributed by atoms with Gasteiger partial charge in [0, 0.05) is 30.0 Å². The van der Waals surface area contributed by atoms with Crippen molar-refractivity contribution in [2.75, 3.05) is 23.3 Å². The zero-order valence-electron chi connectivity index (χ0n) is 14.1. The predicted molar refractivity (Wildman–Crippen MR) is 97.1 cm³/mol. The number of anilines is 2. The molecule has 0 spiro atoms. The molecule has 0 saturated carbocycles. The first-order chi connectivity index (χ1) is 11.8. The Morgan fingerprint density at radius 3 is 2.29 bits per heavy atom. The second-order valence-electron chi connectivity index (χ2n) is 5.44. The molecule has 0 unspecified atom stereocenters. The lowest BCUT2D eigenvalue weighted by molar-refractivity contribution is 0.515. The van der Waals surface area contributed by atoms with Gasteiger partial charge in [0.05, 0.1) is 6.54 Å². The van der Waals surface area contributed by atoms with Gasteiger partial charge in [-0.25, -0.2) is 0 Å². The molecule has 0 aliphatic heterocycles. The van der Waals surface area contributed by atoms with Gasteiger partial charge in [-0.05, 0) is 50.2 Å². The van der Waals surface area contributed by atoms with Gasteiger partial charge in [-0.1, -0.05) is 18.2 Å². The molecule has 0 fully saturated rings. The number of benzene rings is 2. The number of nitrogens with zero attached hydrogens (tertiary/aromatic N) is 3. The zero-order valence-corrected chi connectivity index (χ0v) is 14.1. The molecule has 24 heavy (non-hydrogen) atoms. The van der Waals surface area contributed by atoms with Crippen LogP contribution in [0.1, 0.15) is 19.7 Å². The van der Waals surface area contributed by atoms with E-state index >= 15 is 0 Å². The van der Waals surface area contributed by atoms with E-state index in [-0.39, 0.29) is 0 Å². The highest BCUT2D eigenvalue weighted by Gasteiger charge is 2.08. The molecule has 1 heterocycles. The van der Waals surface area contributed by atoms with Gasteiger partial charge in [0.2, 0.25) is 11.8 Å². The first-order valence-corrected chi connectivity index (χ1v) is 8.26. The van der Waals surface area contributed by atoms with E-state index in [0.717, 1.165) is 24.3 Å². The largest absolute Gasteiger partial charge is 0.419 e. The monoisotopic (exact) mass is 322 g/mol. The summed E-state index contributed by atoms with van der Waals surface area (Å²) in [6.07, 6.45) is 0. The molecule has 124 valence electrons. The van der Waals surface area contributed by atoms with Gasteiger partial charge >= 0.3 is 0 Å². The Kier molecular flexibility index (Phi) is 5.11. The van der Waals surface area contributed by atoms with Crippen molar-refractivity contribution >= 4 is 11.4 Å². The van der Waals surface area contributed by atoms with E-state index in [4.69, 9.17) is 4.42 Å².